The number of halogens is 1. The first kappa shape index (κ1) is 14.9. The van der Waals surface area contributed by atoms with Crippen molar-refractivity contribution in [1.29, 1.82) is 0 Å². The van der Waals surface area contributed by atoms with Crippen molar-refractivity contribution in [2.45, 2.75) is 12.6 Å². The molecule has 0 saturated carbocycles. The summed E-state index contributed by atoms with van der Waals surface area (Å²) in [5.41, 5.74) is 0.951. The van der Waals surface area contributed by atoms with Crippen LogP contribution in [0.3, 0.4) is 0 Å². The average molecular weight is 289 g/mol. The number of aliphatic hydroxyl groups excluding tert-OH is 1. The van der Waals surface area contributed by atoms with E-state index in [0.29, 0.717) is 0 Å². The van der Waals surface area contributed by atoms with Crippen LogP contribution in [0.15, 0.2) is 48.7 Å². The van der Waals surface area contributed by atoms with Gasteiger partial charge < -0.3 is 15.7 Å². The fourth-order valence-electron chi connectivity index (χ4n) is 1.84. The van der Waals surface area contributed by atoms with Gasteiger partial charge in [0.15, 0.2) is 0 Å². The van der Waals surface area contributed by atoms with Crippen LogP contribution in [0.5, 0.6) is 0 Å². The Labute approximate surface area is 121 Å². The van der Waals surface area contributed by atoms with Crippen molar-refractivity contribution in [3.63, 3.8) is 0 Å². The molecule has 0 unspecified atom stereocenters. The number of pyridine rings is 1. The number of urea groups is 1. The summed E-state index contributed by atoms with van der Waals surface area (Å²) >= 11 is 0. The van der Waals surface area contributed by atoms with E-state index in [2.05, 4.69) is 15.6 Å². The van der Waals surface area contributed by atoms with Gasteiger partial charge in [-0.1, -0.05) is 30.3 Å². The number of carbonyl (C=O) groups is 1. The SMILES string of the molecule is O=C(NCc1ncccc1F)N[C@@H](CO)c1ccccc1. The third-order valence-electron chi connectivity index (χ3n) is 2.94. The number of nitrogens with zero attached hydrogens (tertiary/aromatic N) is 1. The second-order valence-electron chi connectivity index (χ2n) is 4.40. The molecule has 0 aliphatic carbocycles. The zero-order chi connectivity index (χ0) is 15.1. The van der Waals surface area contributed by atoms with Crippen molar-refractivity contribution in [2.75, 3.05) is 6.61 Å². The number of amides is 2. The number of aromatic nitrogens is 1. The van der Waals surface area contributed by atoms with Crippen molar-refractivity contribution in [3.8, 4) is 0 Å². The van der Waals surface area contributed by atoms with E-state index in [0.717, 1.165) is 5.56 Å². The second-order valence-corrected chi connectivity index (χ2v) is 4.40. The normalized spacial score (nSPS) is 11.7. The summed E-state index contributed by atoms with van der Waals surface area (Å²) in [5.74, 6) is -0.473. The maximum atomic E-state index is 13.4. The fraction of sp³-hybridized carbons (Fsp3) is 0.200. The highest BCUT2D eigenvalue weighted by Crippen LogP contribution is 2.11. The van der Waals surface area contributed by atoms with Gasteiger partial charge >= 0.3 is 6.03 Å². The first-order valence-corrected chi connectivity index (χ1v) is 6.50. The minimum absolute atomic E-state index is 0.0224. The van der Waals surface area contributed by atoms with Gasteiger partial charge in [0.25, 0.3) is 0 Å². The van der Waals surface area contributed by atoms with Gasteiger partial charge in [-0.05, 0) is 17.7 Å². The first-order chi connectivity index (χ1) is 10.2. The minimum Gasteiger partial charge on any atom is -0.394 e. The quantitative estimate of drug-likeness (QED) is 0.785. The molecule has 3 N–H and O–H groups in total. The molecule has 0 saturated heterocycles. The summed E-state index contributed by atoms with van der Waals surface area (Å²) in [4.78, 5) is 15.6. The number of rotatable bonds is 5. The van der Waals surface area contributed by atoms with Crippen LogP contribution < -0.4 is 10.6 Å². The van der Waals surface area contributed by atoms with Crippen LogP contribution in [0.25, 0.3) is 0 Å². The van der Waals surface area contributed by atoms with Gasteiger partial charge in [0, 0.05) is 6.20 Å². The van der Waals surface area contributed by atoms with E-state index in [9.17, 15) is 14.3 Å². The third kappa shape index (κ3) is 4.25. The molecule has 0 spiro atoms. The van der Waals surface area contributed by atoms with Crippen LogP contribution in [-0.2, 0) is 6.54 Å². The van der Waals surface area contributed by atoms with Crippen molar-refractivity contribution < 1.29 is 14.3 Å². The lowest BCUT2D eigenvalue weighted by atomic mass is 10.1. The number of carbonyl (C=O) groups excluding carboxylic acids is 1. The topological polar surface area (TPSA) is 74.2 Å². The maximum Gasteiger partial charge on any atom is 0.315 e. The Morgan fingerprint density at radius 3 is 2.67 bits per heavy atom. The van der Waals surface area contributed by atoms with Crippen molar-refractivity contribution in [3.05, 3.63) is 65.7 Å². The lowest BCUT2D eigenvalue weighted by molar-refractivity contribution is 0.216. The van der Waals surface area contributed by atoms with Crippen LogP contribution in [0.4, 0.5) is 9.18 Å². The molecule has 0 aliphatic heterocycles. The van der Waals surface area contributed by atoms with Crippen LogP contribution >= 0.6 is 0 Å². The molecule has 0 radical (unpaired) electrons. The van der Waals surface area contributed by atoms with Gasteiger partial charge in [-0.15, -0.1) is 0 Å². The zero-order valence-corrected chi connectivity index (χ0v) is 11.3. The van der Waals surface area contributed by atoms with Crippen LogP contribution in [0.2, 0.25) is 0 Å². The van der Waals surface area contributed by atoms with E-state index >= 15 is 0 Å². The van der Waals surface area contributed by atoms with E-state index in [-0.39, 0.29) is 18.8 Å². The monoisotopic (exact) mass is 289 g/mol. The van der Waals surface area contributed by atoms with Crippen LogP contribution in [0, 0.1) is 5.82 Å². The van der Waals surface area contributed by atoms with E-state index in [1.165, 1.54) is 18.3 Å². The number of hydrogen-bond acceptors (Lipinski definition) is 3. The summed E-state index contributed by atoms with van der Waals surface area (Å²) in [6.07, 6.45) is 1.46. The van der Waals surface area contributed by atoms with E-state index in [1.54, 1.807) is 12.1 Å². The number of aliphatic hydroxyl groups is 1. The Hall–Kier alpha value is -2.47. The van der Waals surface area contributed by atoms with Gasteiger partial charge in [0.2, 0.25) is 0 Å². The molecule has 0 bridgehead atoms. The summed E-state index contributed by atoms with van der Waals surface area (Å²) in [6, 6.07) is 10.9. The van der Waals surface area contributed by atoms with Crippen molar-refractivity contribution >= 4 is 6.03 Å². The van der Waals surface area contributed by atoms with Gasteiger partial charge in [0.1, 0.15) is 5.82 Å². The highest BCUT2D eigenvalue weighted by atomic mass is 19.1. The van der Waals surface area contributed by atoms with E-state index in [4.69, 9.17) is 0 Å². The Balaban J connectivity index is 1.90. The summed E-state index contributed by atoms with van der Waals surface area (Å²) in [6.45, 7) is -0.249. The second kappa shape index (κ2) is 7.35. The van der Waals surface area contributed by atoms with Gasteiger partial charge in [-0.25, -0.2) is 9.18 Å². The van der Waals surface area contributed by atoms with Gasteiger partial charge in [-0.3, -0.25) is 4.98 Å². The third-order valence-corrected chi connectivity index (χ3v) is 2.94. The van der Waals surface area contributed by atoms with Crippen molar-refractivity contribution in [2.24, 2.45) is 0 Å². The largest absolute Gasteiger partial charge is 0.394 e. The average Bonchev–Trinajstić information content (AvgIpc) is 2.52. The standard InChI is InChI=1S/C15H16FN3O2/c16-12-7-4-8-17-13(12)9-18-15(21)19-14(10-20)11-5-2-1-3-6-11/h1-8,14,20H,9-10H2,(H2,18,19,21)/t14-/m0/s1. The fourth-order valence-corrected chi connectivity index (χ4v) is 1.84. The van der Waals surface area contributed by atoms with Crippen LogP contribution in [-0.4, -0.2) is 22.7 Å². The first-order valence-electron chi connectivity index (χ1n) is 6.50. The number of benzene rings is 1. The predicted octanol–water partition coefficient (Wildman–Crippen LogP) is 1.75. The summed E-state index contributed by atoms with van der Waals surface area (Å²) in [7, 11) is 0. The maximum absolute atomic E-state index is 13.4. The molecule has 1 aromatic carbocycles. The van der Waals surface area contributed by atoms with Gasteiger partial charge in [0.05, 0.1) is 24.9 Å². The van der Waals surface area contributed by atoms with E-state index in [1.807, 2.05) is 18.2 Å². The molecule has 0 aliphatic rings. The van der Waals surface area contributed by atoms with Gasteiger partial charge in [-0.2, -0.15) is 0 Å². The molecule has 2 rings (SSSR count). The summed E-state index contributed by atoms with van der Waals surface area (Å²) < 4.78 is 13.4. The molecule has 2 amide bonds. The molecule has 6 heteroatoms. The lowest BCUT2D eigenvalue weighted by Crippen LogP contribution is -2.39. The highest BCUT2D eigenvalue weighted by molar-refractivity contribution is 5.74. The Morgan fingerprint density at radius 2 is 2.00 bits per heavy atom. The Kier molecular flexibility index (Phi) is 5.22. The molecule has 1 atom stereocenters. The predicted molar refractivity (Wildman–Crippen MR) is 75.8 cm³/mol. The lowest BCUT2D eigenvalue weighted by Gasteiger charge is -2.17. The molecule has 2 aromatic rings. The molecular formula is C15H16FN3O2. The molecule has 21 heavy (non-hydrogen) atoms. The molecule has 5 nitrogen and oxygen atoms in total. The summed E-state index contributed by atoms with van der Waals surface area (Å²) in [5, 5.41) is 14.5. The molecule has 110 valence electrons. The molecule has 0 fully saturated rings. The number of nitrogens with one attached hydrogen (secondary N) is 2. The Morgan fingerprint density at radius 1 is 1.24 bits per heavy atom. The van der Waals surface area contributed by atoms with Crippen molar-refractivity contribution in [1.82, 2.24) is 15.6 Å². The van der Waals surface area contributed by atoms with E-state index < -0.39 is 17.9 Å². The Bertz CT molecular complexity index is 592. The minimum atomic E-state index is -0.514. The number of hydrogen-bond donors (Lipinski definition) is 3. The highest BCUT2D eigenvalue weighted by Gasteiger charge is 2.13. The molecule has 1 heterocycles. The molecule has 1 aromatic heterocycles. The van der Waals surface area contributed by atoms with Crippen LogP contribution in [0.1, 0.15) is 17.3 Å². The smallest absolute Gasteiger partial charge is 0.315 e. The zero-order valence-electron chi connectivity index (χ0n) is 11.3. The molecular weight excluding hydrogens is 273 g/mol.